The Morgan fingerprint density at radius 2 is 1.81 bits per heavy atom. The normalized spacial score (nSPS) is 24.1. The van der Waals surface area contributed by atoms with Gasteiger partial charge in [0.25, 0.3) is 10.0 Å². The highest BCUT2D eigenvalue weighted by atomic mass is 32.2. The number of fused-ring (bicyclic) bond motifs is 1. The van der Waals surface area contributed by atoms with Gasteiger partial charge in [-0.15, -0.1) is 0 Å². The molecular formula is C18H18N2O5S. The van der Waals surface area contributed by atoms with E-state index in [0.717, 1.165) is 9.87 Å². The van der Waals surface area contributed by atoms with Gasteiger partial charge in [0.05, 0.1) is 18.7 Å². The van der Waals surface area contributed by atoms with Crippen LogP contribution in [0.2, 0.25) is 0 Å². The monoisotopic (exact) mass is 374 g/mol. The predicted molar refractivity (Wildman–Crippen MR) is 91.1 cm³/mol. The maximum atomic E-state index is 12.9. The average molecular weight is 374 g/mol. The fourth-order valence-electron chi connectivity index (χ4n) is 3.70. The summed E-state index contributed by atoms with van der Waals surface area (Å²) in [6, 6.07) is 11.0. The van der Waals surface area contributed by atoms with Gasteiger partial charge in [0.2, 0.25) is 16.9 Å². The van der Waals surface area contributed by atoms with Crippen LogP contribution < -0.4 is 0 Å². The van der Waals surface area contributed by atoms with Crippen molar-refractivity contribution in [2.24, 2.45) is 5.92 Å². The maximum Gasteiger partial charge on any atom is 0.277 e. The second-order valence-electron chi connectivity index (χ2n) is 6.49. The summed E-state index contributed by atoms with van der Waals surface area (Å²) in [4.78, 5) is 26.9. The topological polar surface area (TPSA) is 87.9 Å². The highest BCUT2D eigenvalue weighted by Gasteiger charge is 2.55. The van der Waals surface area contributed by atoms with Gasteiger partial charge in [-0.1, -0.05) is 30.3 Å². The van der Waals surface area contributed by atoms with Gasteiger partial charge in [-0.25, -0.2) is 8.42 Å². The minimum absolute atomic E-state index is 0.153. The molecule has 26 heavy (non-hydrogen) atoms. The molecule has 0 spiro atoms. The molecule has 3 heterocycles. The van der Waals surface area contributed by atoms with Gasteiger partial charge in [0.15, 0.2) is 0 Å². The van der Waals surface area contributed by atoms with Crippen LogP contribution >= 0.6 is 0 Å². The molecule has 4 rings (SSSR count). The van der Waals surface area contributed by atoms with Gasteiger partial charge in [-0.2, -0.15) is 4.31 Å². The highest BCUT2D eigenvalue weighted by molar-refractivity contribution is 7.89. The molecule has 2 aromatic rings. The molecule has 2 amide bonds. The van der Waals surface area contributed by atoms with Crippen LogP contribution in [0.15, 0.2) is 58.2 Å². The molecule has 1 aromatic carbocycles. The van der Waals surface area contributed by atoms with Gasteiger partial charge in [-0.3, -0.25) is 14.5 Å². The molecule has 2 fully saturated rings. The largest absolute Gasteiger partial charge is 0.452 e. The number of piperidine rings is 1. The highest BCUT2D eigenvalue weighted by Crippen LogP contribution is 2.36. The molecule has 2 atom stereocenters. The van der Waals surface area contributed by atoms with Crippen molar-refractivity contribution in [1.82, 2.24) is 9.21 Å². The SMILES string of the molecule is O=C1[C@@H]2[C@@H](CCCN2S(=O)(=O)c2ccco2)C(=O)N1Cc1ccccc1. The van der Waals surface area contributed by atoms with E-state index in [0.29, 0.717) is 12.8 Å². The van der Waals surface area contributed by atoms with Crippen molar-refractivity contribution >= 4 is 21.8 Å². The summed E-state index contributed by atoms with van der Waals surface area (Å²) >= 11 is 0. The molecule has 0 radical (unpaired) electrons. The lowest BCUT2D eigenvalue weighted by atomic mass is 9.93. The van der Waals surface area contributed by atoms with Crippen LogP contribution in [0, 0.1) is 5.92 Å². The Labute approximate surface area is 151 Å². The number of furan rings is 1. The van der Waals surface area contributed by atoms with E-state index in [4.69, 9.17) is 4.42 Å². The number of carbonyl (C=O) groups is 2. The first-order chi connectivity index (χ1) is 12.5. The number of imide groups is 1. The van der Waals surface area contributed by atoms with E-state index < -0.39 is 27.9 Å². The van der Waals surface area contributed by atoms with Crippen molar-refractivity contribution in [2.45, 2.75) is 30.5 Å². The van der Waals surface area contributed by atoms with Crippen molar-refractivity contribution in [3.8, 4) is 0 Å². The number of rotatable bonds is 4. The van der Waals surface area contributed by atoms with Crippen molar-refractivity contribution < 1.29 is 22.4 Å². The van der Waals surface area contributed by atoms with Crippen molar-refractivity contribution in [3.05, 3.63) is 54.3 Å². The third-order valence-electron chi connectivity index (χ3n) is 4.93. The van der Waals surface area contributed by atoms with E-state index in [1.165, 1.54) is 23.3 Å². The third kappa shape index (κ3) is 2.65. The summed E-state index contributed by atoms with van der Waals surface area (Å²) in [5, 5.41) is -0.208. The summed E-state index contributed by atoms with van der Waals surface area (Å²) in [6.45, 7) is 0.350. The molecule has 0 N–H and O–H groups in total. The number of amides is 2. The van der Waals surface area contributed by atoms with E-state index in [-0.39, 0.29) is 24.1 Å². The van der Waals surface area contributed by atoms with Gasteiger partial charge < -0.3 is 4.42 Å². The Kier molecular flexibility index (Phi) is 4.16. The summed E-state index contributed by atoms with van der Waals surface area (Å²) in [5.74, 6) is -1.40. The van der Waals surface area contributed by atoms with Crippen LogP contribution in [-0.2, 0) is 26.2 Å². The summed E-state index contributed by atoms with van der Waals surface area (Å²) in [5.41, 5.74) is 0.827. The quantitative estimate of drug-likeness (QED) is 0.759. The maximum absolute atomic E-state index is 12.9. The molecule has 7 nitrogen and oxygen atoms in total. The first-order valence-corrected chi connectivity index (χ1v) is 9.88. The zero-order chi connectivity index (χ0) is 18.3. The summed E-state index contributed by atoms with van der Waals surface area (Å²) < 4.78 is 31.9. The molecule has 0 saturated carbocycles. The number of carbonyl (C=O) groups excluding carboxylic acids is 2. The third-order valence-corrected chi connectivity index (χ3v) is 6.70. The van der Waals surface area contributed by atoms with Crippen molar-refractivity contribution in [1.29, 1.82) is 0 Å². The van der Waals surface area contributed by atoms with Crippen LogP contribution in [0.1, 0.15) is 18.4 Å². The zero-order valence-electron chi connectivity index (χ0n) is 13.9. The minimum atomic E-state index is -3.96. The average Bonchev–Trinajstić information content (AvgIpc) is 3.27. The Bertz CT molecular complexity index is 924. The number of hydrogen-bond acceptors (Lipinski definition) is 5. The first-order valence-electron chi connectivity index (χ1n) is 8.44. The lowest BCUT2D eigenvalue weighted by Crippen LogP contribution is -2.50. The lowest BCUT2D eigenvalue weighted by Gasteiger charge is -2.32. The Hall–Kier alpha value is -2.45. The van der Waals surface area contributed by atoms with E-state index in [1.54, 1.807) is 0 Å². The Morgan fingerprint density at radius 3 is 2.50 bits per heavy atom. The predicted octanol–water partition coefficient (Wildman–Crippen LogP) is 1.62. The van der Waals surface area contributed by atoms with Gasteiger partial charge in [0, 0.05) is 6.54 Å². The Morgan fingerprint density at radius 1 is 1.04 bits per heavy atom. The first kappa shape index (κ1) is 17.0. The molecule has 8 heteroatoms. The fraction of sp³-hybridized carbons (Fsp3) is 0.333. The van der Waals surface area contributed by atoms with Crippen molar-refractivity contribution in [2.75, 3.05) is 6.54 Å². The lowest BCUT2D eigenvalue weighted by molar-refractivity contribution is -0.140. The molecule has 2 saturated heterocycles. The van der Waals surface area contributed by atoms with Gasteiger partial charge >= 0.3 is 0 Å². The van der Waals surface area contributed by atoms with Gasteiger partial charge in [-0.05, 0) is 30.5 Å². The fourth-order valence-corrected chi connectivity index (χ4v) is 5.27. The number of benzene rings is 1. The standard InChI is InChI=1S/C18H18N2O5S/c21-17-14-8-4-10-20(26(23,24)15-9-5-11-25-15)16(14)18(22)19(17)12-13-6-2-1-3-7-13/h1-3,5-7,9,11,14,16H,4,8,10,12H2/t14-,16+/m1/s1. The zero-order valence-corrected chi connectivity index (χ0v) is 14.8. The van der Waals surface area contributed by atoms with E-state index in [9.17, 15) is 18.0 Å². The molecule has 0 aliphatic carbocycles. The molecule has 0 unspecified atom stereocenters. The molecular weight excluding hydrogens is 356 g/mol. The van der Waals surface area contributed by atoms with Crippen LogP contribution in [0.4, 0.5) is 0 Å². The van der Waals surface area contributed by atoms with Crippen molar-refractivity contribution in [3.63, 3.8) is 0 Å². The van der Waals surface area contributed by atoms with Crippen LogP contribution in [0.25, 0.3) is 0 Å². The molecule has 0 bridgehead atoms. The van der Waals surface area contributed by atoms with E-state index >= 15 is 0 Å². The second-order valence-corrected chi connectivity index (χ2v) is 8.31. The number of likely N-dealkylation sites (tertiary alicyclic amines) is 1. The number of hydrogen-bond donors (Lipinski definition) is 0. The molecule has 136 valence electrons. The number of nitrogens with zero attached hydrogens (tertiary/aromatic N) is 2. The van der Waals surface area contributed by atoms with E-state index in [2.05, 4.69) is 0 Å². The van der Waals surface area contributed by atoms with Gasteiger partial charge in [0.1, 0.15) is 6.04 Å². The second kappa shape index (κ2) is 6.37. The number of sulfonamides is 1. The summed E-state index contributed by atoms with van der Waals surface area (Å²) in [6.07, 6.45) is 2.31. The minimum Gasteiger partial charge on any atom is -0.452 e. The molecule has 2 aliphatic rings. The van der Waals surface area contributed by atoms with Crippen LogP contribution in [0.5, 0.6) is 0 Å². The van der Waals surface area contributed by atoms with E-state index in [1.807, 2.05) is 30.3 Å². The van der Waals surface area contributed by atoms with Crippen LogP contribution in [0.3, 0.4) is 0 Å². The van der Waals surface area contributed by atoms with Crippen LogP contribution in [-0.4, -0.2) is 42.0 Å². The molecule has 2 aliphatic heterocycles. The Balaban J connectivity index is 1.66. The molecule has 1 aromatic heterocycles. The summed E-state index contributed by atoms with van der Waals surface area (Å²) in [7, 11) is -3.96. The smallest absolute Gasteiger partial charge is 0.277 e.